The summed E-state index contributed by atoms with van der Waals surface area (Å²) in [5.41, 5.74) is 2.06. The Kier molecular flexibility index (Phi) is 6.54. The van der Waals surface area contributed by atoms with Gasteiger partial charge in [-0.15, -0.1) is 5.10 Å². The first-order valence-corrected chi connectivity index (χ1v) is 10.5. The number of benzene rings is 2. The van der Waals surface area contributed by atoms with Crippen LogP contribution in [0.4, 0.5) is 10.7 Å². The highest BCUT2D eigenvalue weighted by Crippen LogP contribution is 2.15. The van der Waals surface area contributed by atoms with E-state index in [1.54, 1.807) is 0 Å². The van der Waals surface area contributed by atoms with Gasteiger partial charge in [-0.2, -0.15) is 4.98 Å². The lowest BCUT2D eigenvalue weighted by Crippen LogP contribution is -2.31. The molecule has 1 unspecified atom stereocenters. The number of hydrogen-bond acceptors (Lipinski definition) is 5. The maximum atomic E-state index is 12.6. The monoisotopic (exact) mass is 432 g/mol. The van der Waals surface area contributed by atoms with Crippen molar-refractivity contribution >= 4 is 23.8 Å². The predicted octanol–water partition coefficient (Wildman–Crippen LogP) is 2.43. The smallest absolute Gasteiger partial charge is 0.325 e. The Morgan fingerprint density at radius 2 is 1.66 bits per heavy atom. The minimum Gasteiger partial charge on any atom is -0.326 e. The molecule has 1 fully saturated rings. The lowest BCUT2D eigenvalue weighted by Gasteiger charge is -2.12. The number of nitrogens with zero attached hydrogens (tertiary/aromatic N) is 3. The number of aromatic nitrogens is 3. The lowest BCUT2D eigenvalue weighted by atomic mass is 10.1. The topological polar surface area (TPSA) is 120 Å². The summed E-state index contributed by atoms with van der Waals surface area (Å²) < 4.78 is 0. The fraction of sp³-hybridized carbons (Fsp3) is 0.261. The first kappa shape index (κ1) is 21.2. The minimum atomic E-state index is -0.717. The number of aryl methyl sites for hydroxylation is 2. The summed E-state index contributed by atoms with van der Waals surface area (Å²) in [5.74, 6) is 0.236. The van der Waals surface area contributed by atoms with Crippen LogP contribution < -0.4 is 10.6 Å². The summed E-state index contributed by atoms with van der Waals surface area (Å²) in [4.78, 5) is 42.5. The highest BCUT2D eigenvalue weighted by atomic mass is 16.2. The highest BCUT2D eigenvalue weighted by molar-refractivity contribution is 6.04. The molecular weight excluding hydrogens is 408 g/mol. The van der Waals surface area contributed by atoms with Crippen molar-refractivity contribution in [3.63, 3.8) is 0 Å². The molecule has 1 saturated heterocycles. The van der Waals surface area contributed by atoms with Crippen molar-refractivity contribution in [3.8, 4) is 0 Å². The second-order valence-corrected chi connectivity index (χ2v) is 7.59. The third-order valence-electron chi connectivity index (χ3n) is 5.23. The number of carbonyl (C=O) groups is 3. The van der Waals surface area contributed by atoms with Crippen LogP contribution in [0.15, 0.2) is 60.7 Å². The van der Waals surface area contributed by atoms with Crippen LogP contribution in [0.1, 0.15) is 29.8 Å². The number of carbonyl (C=O) groups excluding carboxylic acids is 3. The average Bonchev–Trinajstić information content (AvgIpc) is 3.37. The molecule has 9 nitrogen and oxygen atoms in total. The fourth-order valence-electron chi connectivity index (χ4n) is 3.52. The molecule has 3 N–H and O–H groups in total. The molecule has 2 heterocycles. The van der Waals surface area contributed by atoms with Crippen molar-refractivity contribution < 1.29 is 14.4 Å². The summed E-state index contributed by atoms with van der Waals surface area (Å²) in [6, 6.07) is 18.2. The van der Waals surface area contributed by atoms with Crippen LogP contribution in [0.5, 0.6) is 0 Å². The van der Waals surface area contributed by atoms with Crippen LogP contribution >= 0.6 is 0 Å². The third-order valence-corrected chi connectivity index (χ3v) is 5.23. The number of rotatable bonds is 9. The van der Waals surface area contributed by atoms with Gasteiger partial charge in [0.1, 0.15) is 11.9 Å². The van der Waals surface area contributed by atoms with Gasteiger partial charge in [-0.3, -0.25) is 24.9 Å². The van der Waals surface area contributed by atoms with Gasteiger partial charge in [0.05, 0.1) is 6.54 Å². The maximum Gasteiger partial charge on any atom is 0.325 e. The highest BCUT2D eigenvalue weighted by Gasteiger charge is 2.37. The average molecular weight is 432 g/mol. The third kappa shape index (κ3) is 5.37. The molecule has 1 aliphatic heterocycles. The molecule has 2 aromatic carbocycles. The molecular formula is C23H24N6O3. The van der Waals surface area contributed by atoms with Gasteiger partial charge in [0.25, 0.3) is 5.91 Å². The van der Waals surface area contributed by atoms with E-state index in [2.05, 4.69) is 25.8 Å². The number of imide groups is 1. The van der Waals surface area contributed by atoms with Gasteiger partial charge in [0.2, 0.25) is 11.9 Å². The number of hydrogen-bond donors (Lipinski definition) is 3. The Labute approximate surface area is 185 Å². The molecule has 0 bridgehead atoms. The summed E-state index contributed by atoms with van der Waals surface area (Å²) in [6.07, 6.45) is 1.75. The van der Waals surface area contributed by atoms with Crippen molar-refractivity contribution in [2.24, 2.45) is 0 Å². The Morgan fingerprint density at radius 1 is 0.969 bits per heavy atom. The Bertz CT molecular complexity index is 1080. The van der Waals surface area contributed by atoms with Gasteiger partial charge in [-0.05, 0) is 24.0 Å². The van der Waals surface area contributed by atoms with E-state index in [0.29, 0.717) is 12.2 Å². The van der Waals surface area contributed by atoms with Crippen LogP contribution in [0.2, 0.25) is 0 Å². The second-order valence-electron chi connectivity index (χ2n) is 7.59. The minimum absolute atomic E-state index is 0.0593. The second kappa shape index (κ2) is 9.86. The molecule has 4 rings (SSSR count). The molecule has 1 atom stereocenters. The van der Waals surface area contributed by atoms with Crippen LogP contribution in [0.25, 0.3) is 0 Å². The molecule has 32 heavy (non-hydrogen) atoms. The summed E-state index contributed by atoms with van der Waals surface area (Å²) >= 11 is 0. The van der Waals surface area contributed by atoms with Gasteiger partial charge in [0.15, 0.2) is 0 Å². The van der Waals surface area contributed by atoms with Crippen LogP contribution in [0, 0.1) is 0 Å². The summed E-state index contributed by atoms with van der Waals surface area (Å²) in [7, 11) is 0. The van der Waals surface area contributed by atoms with Gasteiger partial charge in [-0.1, -0.05) is 60.7 Å². The van der Waals surface area contributed by atoms with Crippen molar-refractivity contribution in [1.29, 1.82) is 0 Å². The standard InChI is InChI=1S/C23H24N6O3/c30-20(26-22-25-19(27-28-22)13-11-16-7-3-1-4-8-16)14-12-18-21(31)29(23(32)24-18)15-17-9-5-2-6-10-17/h1-10,18H,11-15H2,(H,24,32)(H2,25,26,27,28,30). The van der Waals surface area contributed by atoms with E-state index in [1.807, 2.05) is 60.7 Å². The zero-order chi connectivity index (χ0) is 22.3. The van der Waals surface area contributed by atoms with E-state index in [1.165, 1.54) is 10.5 Å². The van der Waals surface area contributed by atoms with E-state index in [0.717, 1.165) is 12.0 Å². The fourth-order valence-corrected chi connectivity index (χ4v) is 3.52. The lowest BCUT2D eigenvalue weighted by molar-refractivity contribution is -0.128. The van der Waals surface area contributed by atoms with Gasteiger partial charge >= 0.3 is 6.03 Å². The molecule has 0 radical (unpaired) electrons. The number of anilines is 1. The normalized spacial score (nSPS) is 15.6. The number of urea groups is 1. The van der Waals surface area contributed by atoms with Crippen LogP contribution in [-0.4, -0.2) is 44.0 Å². The number of aromatic amines is 1. The first-order valence-electron chi connectivity index (χ1n) is 10.5. The maximum absolute atomic E-state index is 12.6. The zero-order valence-electron chi connectivity index (χ0n) is 17.5. The molecule has 0 saturated carbocycles. The summed E-state index contributed by atoms with van der Waals surface area (Å²) in [6.45, 7) is 0.206. The molecule has 4 amide bonds. The number of H-pyrrole nitrogens is 1. The van der Waals surface area contributed by atoms with Crippen molar-refractivity contribution in [2.45, 2.75) is 38.3 Å². The van der Waals surface area contributed by atoms with Crippen molar-refractivity contribution in [1.82, 2.24) is 25.4 Å². The first-order chi connectivity index (χ1) is 15.6. The van der Waals surface area contributed by atoms with E-state index in [9.17, 15) is 14.4 Å². The zero-order valence-corrected chi connectivity index (χ0v) is 17.5. The van der Waals surface area contributed by atoms with Crippen molar-refractivity contribution in [3.05, 3.63) is 77.6 Å². The molecule has 1 aromatic heterocycles. The van der Waals surface area contributed by atoms with Gasteiger partial charge < -0.3 is 5.32 Å². The van der Waals surface area contributed by atoms with E-state index in [4.69, 9.17) is 0 Å². The van der Waals surface area contributed by atoms with Crippen LogP contribution in [0.3, 0.4) is 0 Å². The number of amides is 4. The summed E-state index contributed by atoms with van der Waals surface area (Å²) in [5, 5.41) is 12.1. The SMILES string of the molecule is O=C(CCC1NC(=O)N(Cc2ccccc2)C1=O)Nc1n[nH]c(CCc2ccccc2)n1. The Morgan fingerprint density at radius 3 is 2.38 bits per heavy atom. The van der Waals surface area contributed by atoms with Gasteiger partial charge in [0, 0.05) is 12.8 Å². The molecule has 0 aliphatic carbocycles. The van der Waals surface area contributed by atoms with E-state index in [-0.39, 0.29) is 37.1 Å². The Hall–Kier alpha value is -4.01. The molecule has 0 spiro atoms. The quantitative estimate of drug-likeness (QED) is 0.449. The van der Waals surface area contributed by atoms with Crippen molar-refractivity contribution in [2.75, 3.05) is 5.32 Å². The largest absolute Gasteiger partial charge is 0.326 e. The van der Waals surface area contributed by atoms with E-state index < -0.39 is 12.1 Å². The van der Waals surface area contributed by atoms with Crippen LogP contribution in [-0.2, 0) is 29.0 Å². The number of nitrogens with one attached hydrogen (secondary N) is 3. The molecule has 9 heteroatoms. The van der Waals surface area contributed by atoms with Gasteiger partial charge in [-0.25, -0.2) is 4.79 Å². The molecule has 1 aliphatic rings. The molecule has 3 aromatic rings. The Balaban J connectivity index is 1.23. The van der Waals surface area contributed by atoms with E-state index >= 15 is 0 Å². The predicted molar refractivity (Wildman–Crippen MR) is 117 cm³/mol. The molecule has 164 valence electrons.